The molecule has 0 bridgehead atoms. The van der Waals surface area contributed by atoms with Crippen LogP contribution in [-0.2, 0) is 9.53 Å². The number of nitrogens with zero attached hydrogens (tertiary/aromatic N) is 3. The van der Waals surface area contributed by atoms with E-state index in [-0.39, 0.29) is 17.9 Å². The van der Waals surface area contributed by atoms with Crippen LogP contribution in [0.15, 0.2) is 30.5 Å². The van der Waals surface area contributed by atoms with E-state index >= 15 is 0 Å². The third-order valence-electron chi connectivity index (χ3n) is 5.90. The zero-order valence-corrected chi connectivity index (χ0v) is 22.5. The van der Waals surface area contributed by atoms with Crippen LogP contribution in [0.5, 0.6) is 5.75 Å². The van der Waals surface area contributed by atoms with Crippen LogP contribution in [0.3, 0.4) is 0 Å². The second-order valence-corrected chi connectivity index (χ2v) is 9.97. The van der Waals surface area contributed by atoms with Gasteiger partial charge < -0.3 is 25.4 Å². The highest BCUT2D eigenvalue weighted by molar-refractivity contribution is 5.85. The molecule has 0 radical (unpaired) electrons. The summed E-state index contributed by atoms with van der Waals surface area (Å²) < 4.78 is 10.6. The Morgan fingerprint density at radius 3 is 2.46 bits per heavy atom. The van der Waals surface area contributed by atoms with Crippen LogP contribution in [0.1, 0.15) is 46.1 Å². The molecule has 0 spiro atoms. The lowest BCUT2D eigenvalue weighted by Gasteiger charge is -2.34. The van der Waals surface area contributed by atoms with Gasteiger partial charge in [0.25, 0.3) is 0 Å². The summed E-state index contributed by atoms with van der Waals surface area (Å²) in [6, 6.07) is 6.90. The predicted octanol–water partition coefficient (Wildman–Crippen LogP) is 3.77. The van der Waals surface area contributed by atoms with Crippen LogP contribution < -0.4 is 20.7 Å². The summed E-state index contributed by atoms with van der Waals surface area (Å²) in [6.45, 7) is 7.05. The van der Waals surface area contributed by atoms with Crippen LogP contribution in [0.2, 0.25) is 0 Å². The molecule has 0 unspecified atom stereocenters. The second kappa shape index (κ2) is 11.8. The van der Waals surface area contributed by atoms with Crippen molar-refractivity contribution >= 4 is 29.5 Å². The van der Waals surface area contributed by atoms with E-state index in [9.17, 15) is 9.59 Å². The van der Waals surface area contributed by atoms with E-state index in [0.29, 0.717) is 17.3 Å². The largest absolute Gasteiger partial charge is 0.497 e. The molecule has 2 amide bonds. The van der Waals surface area contributed by atoms with E-state index in [4.69, 9.17) is 9.47 Å². The number of rotatable bonds is 7. The molecule has 10 nitrogen and oxygen atoms in total. The number of nitrogens with one attached hydrogen (secondary N) is 3. The monoisotopic (exact) mass is 508 g/mol. The Morgan fingerprint density at radius 2 is 1.86 bits per heavy atom. The average molecular weight is 509 g/mol. The van der Waals surface area contributed by atoms with Gasteiger partial charge in [-0.1, -0.05) is 11.8 Å². The lowest BCUT2D eigenvalue weighted by molar-refractivity contribution is -0.126. The number of aromatic nitrogens is 2. The predicted molar refractivity (Wildman–Crippen MR) is 143 cm³/mol. The first-order chi connectivity index (χ1) is 17.5. The van der Waals surface area contributed by atoms with Crippen molar-refractivity contribution in [1.29, 1.82) is 0 Å². The zero-order valence-electron chi connectivity index (χ0n) is 22.5. The topological polar surface area (TPSA) is 118 Å². The first kappa shape index (κ1) is 27.6. The third kappa shape index (κ3) is 7.74. The Labute approximate surface area is 218 Å². The Kier molecular flexibility index (Phi) is 8.81. The molecular weight excluding hydrogens is 472 g/mol. The minimum absolute atomic E-state index is 0.0149. The van der Waals surface area contributed by atoms with Crippen molar-refractivity contribution in [3.63, 3.8) is 0 Å². The lowest BCUT2D eigenvalue weighted by atomic mass is 9.80. The van der Waals surface area contributed by atoms with Gasteiger partial charge in [-0.2, -0.15) is 4.98 Å². The molecule has 0 aliphatic heterocycles. The Hall–Kier alpha value is -4.00. The fraction of sp³-hybridized carbons (Fsp3) is 0.481. The van der Waals surface area contributed by atoms with E-state index in [1.807, 2.05) is 24.3 Å². The lowest BCUT2D eigenvalue weighted by Crippen LogP contribution is -2.52. The number of carbonyl (C=O) groups excluding carboxylic acids is 2. The molecule has 37 heavy (non-hydrogen) atoms. The highest BCUT2D eigenvalue weighted by Crippen LogP contribution is 2.28. The highest BCUT2D eigenvalue weighted by Gasteiger charge is 2.32. The first-order valence-electron chi connectivity index (χ1n) is 12.2. The van der Waals surface area contributed by atoms with Gasteiger partial charge in [-0.3, -0.25) is 9.69 Å². The van der Waals surface area contributed by atoms with Gasteiger partial charge in [0.05, 0.1) is 18.9 Å². The molecule has 198 valence electrons. The number of methoxy groups -OCH3 is 1. The number of ether oxygens (including phenoxy) is 2. The van der Waals surface area contributed by atoms with Gasteiger partial charge in [-0.05, 0) is 64.8 Å². The van der Waals surface area contributed by atoms with E-state index in [0.717, 1.165) is 24.3 Å². The van der Waals surface area contributed by atoms with Gasteiger partial charge in [0.1, 0.15) is 17.4 Å². The van der Waals surface area contributed by atoms with Crippen LogP contribution in [0.4, 0.5) is 22.2 Å². The summed E-state index contributed by atoms with van der Waals surface area (Å²) >= 11 is 0. The maximum Gasteiger partial charge on any atom is 0.410 e. The summed E-state index contributed by atoms with van der Waals surface area (Å²) in [5, 5.41) is 9.23. The molecule has 3 N–H and O–H groups in total. The van der Waals surface area contributed by atoms with Crippen LogP contribution in [0, 0.1) is 17.8 Å². The van der Waals surface area contributed by atoms with Gasteiger partial charge >= 0.3 is 6.09 Å². The number of likely N-dealkylation sites (N-methyl/N-ethyl adjacent to an activating group) is 1. The van der Waals surface area contributed by atoms with Gasteiger partial charge in [0, 0.05) is 31.7 Å². The summed E-state index contributed by atoms with van der Waals surface area (Å²) in [4.78, 5) is 35.0. The Morgan fingerprint density at radius 1 is 1.19 bits per heavy atom. The number of anilines is 3. The quantitative estimate of drug-likeness (QED) is 0.484. The molecule has 1 aromatic carbocycles. The number of hydrogen-bond donors (Lipinski definition) is 3. The maximum atomic E-state index is 12.6. The van der Waals surface area contributed by atoms with Gasteiger partial charge in [-0.25, -0.2) is 9.78 Å². The molecule has 2 aromatic rings. The normalized spacial score (nSPS) is 17.3. The van der Waals surface area contributed by atoms with Gasteiger partial charge in [0.15, 0.2) is 5.82 Å². The Bertz CT molecular complexity index is 1160. The van der Waals surface area contributed by atoms with Crippen LogP contribution in [0.25, 0.3) is 0 Å². The number of carbonyl (C=O) groups is 2. The van der Waals surface area contributed by atoms with Crippen LogP contribution >= 0.6 is 0 Å². The van der Waals surface area contributed by atoms with Crippen molar-refractivity contribution < 1.29 is 19.1 Å². The van der Waals surface area contributed by atoms with E-state index < -0.39 is 17.7 Å². The summed E-state index contributed by atoms with van der Waals surface area (Å²) in [7, 11) is 4.94. The van der Waals surface area contributed by atoms with Gasteiger partial charge in [-0.15, -0.1) is 0 Å². The average Bonchev–Trinajstić information content (AvgIpc) is 2.84. The van der Waals surface area contributed by atoms with Gasteiger partial charge in [0.2, 0.25) is 11.9 Å². The molecule has 1 heterocycles. The molecule has 1 fully saturated rings. The second-order valence-electron chi connectivity index (χ2n) is 9.97. The zero-order chi connectivity index (χ0) is 27.2. The molecule has 1 aliphatic carbocycles. The summed E-state index contributed by atoms with van der Waals surface area (Å²) in [5.41, 5.74) is 0.903. The minimum atomic E-state index is -0.644. The third-order valence-corrected chi connectivity index (χ3v) is 5.90. The molecule has 1 saturated carbocycles. The van der Waals surface area contributed by atoms with E-state index in [2.05, 4.69) is 37.8 Å². The molecular formula is C27H36N6O4. The Balaban J connectivity index is 1.57. The number of amides is 2. The smallest absolute Gasteiger partial charge is 0.410 e. The molecule has 3 rings (SSSR count). The summed E-state index contributed by atoms with van der Waals surface area (Å²) in [6.07, 6.45) is 2.62. The van der Waals surface area contributed by atoms with Crippen LogP contribution in [-0.4, -0.2) is 65.8 Å². The molecule has 1 atom stereocenters. The first-order valence-corrected chi connectivity index (χ1v) is 12.2. The highest BCUT2D eigenvalue weighted by atomic mass is 16.6. The van der Waals surface area contributed by atoms with Crippen molar-refractivity contribution in [2.75, 3.05) is 31.8 Å². The van der Waals surface area contributed by atoms with Crippen molar-refractivity contribution in [3.8, 4) is 17.6 Å². The van der Waals surface area contributed by atoms with Crippen molar-refractivity contribution in [2.24, 2.45) is 5.92 Å². The molecule has 1 aliphatic rings. The summed E-state index contributed by atoms with van der Waals surface area (Å²) in [5.74, 6) is 8.23. The van der Waals surface area contributed by atoms with E-state index in [1.54, 1.807) is 55.1 Å². The number of benzene rings is 1. The standard InChI is InChI=1S/C27H36N6O4/c1-17(33(6)26(35)37-27(2,3)4)24(34)31-21-14-18(15-21)8-9-19-16-29-25(28-5)32-23(19)30-20-10-12-22(36-7)13-11-20/h10-13,16-18,21H,14-15H2,1-7H3,(H,31,34)(H2,28,29,30,32)/t17-,18?,21?/m0/s1. The molecule has 0 saturated heterocycles. The molecule has 10 heteroatoms. The van der Waals surface area contributed by atoms with Crippen molar-refractivity contribution in [1.82, 2.24) is 20.2 Å². The van der Waals surface area contributed by atoms with Crippen molar-refractivity contribution in [3.05, 3.63) is 36.0 Å². The molecule has 1 aromatic heterocycles. The SMILES string of the molecule is CNc1ncc(C#CC2CC(NC(=O)[C@H](C)N(C)C(=O)OC(C)(C)C)C2)c(Nc2ccc(OC)cc2)n1. The van der Waals surface area contributed by atoms with Crippen molar-refractivity contribution in [2.45, 2.75) is 58.2 Å². The number of hydrogen-bond acceptors (Lipinski definition) is 8. The van der Waals surface area contributed by atoms with E-state index in [1.165, 1.54) is 4.90 Å². The maximum absolute atomic E-state index is 12.6. The minimum Gasteiger partial charge on any atom is -0.497 e. The fourth-order valence-electron chi connectivity index (χ4n) is 3.52. The fourth-order valence-corrected chi connectivity index (χ4v) is 3.52.